The number of urea groups is 1. The van der Waals surface area contributed by atoms with Crippen molar-refractivity contribution in [3.8, 4) is 5.75 Å². The van der Waals surface area contributed by atoms with E-state index < -0.39 is 30.4 Å². The molecular formula is C21H17FN2O6. The number of amides is 4. The molecule has 0 aromatic heterocycles. The third-order valence-electron chi connectivity index (χ3n) is 4.28. The van der Waals surface area contributed by atoms with E-state index in [1.807, 2.05) is 0 Å². The summed E-state index contributed by atoms with van der Waals surface area (Å²) in [5.74, 6) is -2.74. The van der Waals surface area contributed by atoms with Crippen molar-refractivity contribution in [3.63, 3.8) is 0 Å². The van der Waals surface area contributed by atoms with Crippen molar-refractivity contribution < 1.29 is 33.4 Å². The molecule has 154 valence electrons. The molecule has 2 aromatic carbocycles. The van der Waals surface area contributed by atoms with E-state index in [2.05, 4.69) is 5.32 Å². The van der Waals surface area contributed by atoms with Crippen LogP contribution in [0.2, 0.25) is 0 Å². The van der Waals surface area contributed by atoms with E-state index in [9.17, 15) is 23.6 Å². The first kappa shape index (κ1) is 20.7. The molecule has 2 N–H and O–H groups in total. The second-order valence-corrected chi connectivity index (χ2v) is 6.40. The minimum absolute atomic E-state index is 0.0168. The average Bonchev–Trinajstić information content (AvgIpc) is 2.71. The predicted molar refractivity (Wildman–Crippen MR) is 103 cm³/mol. The van der Waals surface area contributed by atoms with Gasteiger partial charge in [0.15, 0.2) is 6.61 Å². The van der Waals surface area contributed by atoms with Crippen molar-refractivity contribution in [2.75, 3.05) is 13.2 Å². The van der Waals surface area contributed by atoms with Gasteiger partial charge in [0.05, 0.1) is 0 Å². The van der Waals surface area contributed by atoms with Crippen LogP contribution in [0.1, 0.15) is 11.1 Å². The highest BCUT2D eigenvalue weighted by Crippen LogP contribution is 2.18. The number of hydrogen-bond acceptors (Lipinski definition) is 5. The Labute approximate surface area is 170 Å². The van der Waals surface area contributed by atoms with Crippen LogP contribution in [0.4, 0.5) is 9.18 Å². The van der Waals surface area contributed by atoms with Crippen LogP contribution in [0.15, 0.2) is 54.1 Å². The van der Waals surface area contributed by atoms with Crippen molar-refractivity contribution in [3.05, 3.63) is 71.0 Å². The highest BCUT2D eigenvalue weighted by atomic mass is 19.1. The molecule has 8 nitrogen and oxygen atoms in total. The maximum Gasteiger partial charge on any atom is 0.341 e. The van der Waals surface area contributed by atoms with Crippen molar-refractivity contribution in [2.45, 2.75) is 6.42 Å². The molecular weight excluding hydrogens is 395 g/mol. The number of barbiturate groups is 1. The molecule has 0 saturated carbocycles. The van der Waals surface area contributed by atoms with Crippen molar-refractivity contribution in [1.82, 2.24) is 10.2 Å². The number of ether oxygens (including phenoxy) is 1. The molecule has 4 amide bonds. The molecule has 3 rings (SSSR count). The SMILES string of the molecule is O=C(O)COc1ccc(C=C2C(=O)NC(=O)N(CCc3ccc(F)cc3)C2=O)cc1. The lowest BCUT2D eigenvalue weighted by molar-refractivity contribution is -0.139. The topological polar surface area (TPSA) is 113 Å². The summed E-state index contributed by atoms with van der Waals surface area (Å²) in [6.07, 6.45) is 1.63. The summed E-state index contributed by atoms with van der Waals surface area (Å²) >= 11 is 0. The molecule has 1 fully saturated rings. The number of carbonyl (C=O) groups excluding carboxylic acids is 3. The van der Waals surface area contributed by atoms with Crippen LogP contribution in [0.3, 0.4) is 0 Å². The van der Waals surface area contributed by atoms with E-state index in [4.69, 9.17) is 9.84 Å². The van der Waals surface area contributed by atoms with Crippen molar-refractivity contribution >= 4 is 29.9 Å². The van der Waals surface area contributed by atoms with E-state index in [1.54, 1.807) is 24.3 Å². The molecule has 0 unspecified atom stereocenters. The van der Waals surface area contributed by atoms with Crippen LogP contribution < -0.4 is 10.1 Å². The number of nitrogens with one attached hydrogen (secondary N) is 1. The van der Waals surface area contributed by atoms with E-state index in [0.717, 1.165) is 10.5 Å². The van der Waals surface area contributed by atoms with Gasteiger partial charge in [-0.05, 0) is 47.9 Å². The van der Waals surface area contributed by atoms with Gasteiger partial charge >= 0.3 is 12.0 Å². The van der Waals surface area contributed by atoms with Gasteiger partial charge in [0.1, 0.15) is 17.1 Å². The molecule has 2 aromatic rings. The molecule has 0 aliphatic carbocycles. The molecule has 1 heterocycles. The van der Waals surface area contributed by atoms with Crippen molar-refractivity contribution in [2.24, 2.45) is 0 Å². The van der Waals surface area contributed by atoms with E-state index in [1.165, 1.54) is 30.3 Å². The van der Waals surface area contributed by atoms with Crippen LogP contribution in [-0.4, -0.2) is 47.0 Å². The fraction of sp³-hybridized carbons (Fsp3) is 0.143. The van der Waals surface area contributed by atoms with Gasteiger partial charge in [-0.25, -0.2) is 14.0 Å². The molecule has 0 atom stereocenters. The Hall–Kier alpha value is -4.01. The number of rotatable bonds is 7. The number of imide groups is 2. The minimum atomic E-state index is -1.11. The fourth-order valence-electron chi connectivity index (χ4n) is 2.76. The maximum atomic E-state index is 13.0. The van der Waals surface area contributed by atoms with E-state index in [-0.39, 0.29) is 17.9 Å². The van der Waals surface area contributed by atoms with E-state index in [0.29, 0.717) is 17.7 Å². The summed E-state index contributed by atoms with van der Waals surface area (Å²) in [6, 6.07) is 10.9. The highest BCUT2D eigenvalue weighted by molar-refractivity contribution is 6.31. The monoisotopic (exact) mass is 412 g/mol. The summed E-state index contributed by atoms with van der Waals surface area (Å²) in [7, 11) is 0. The summed E-state index contributed by atoms with van der Waals surface area (Å²) in [6.45, 7) is -0.477. The first-order chi connectivity index (χ1) is 14.3. The van der Waals surface area contributed by atoms with Crippen molar-refractivity contribution in [1.29, 1.82) is 0 Å². The standard InChI is InChI=1S/C21H17FN2O6/c22-15-5-1-13(2-6-15)9-10-24-20(28)17(19(27)23-21(24)29)11-14-3-7-16(8-4-14)30-12-18(25)26/h1-8,11H,9-10,12H2,(H,25,26)(H,23,27,29). The molecule has 0 spiro atoms. The normalized spacial score (nSPS) is 15.3. The number of benzene rings is 2. The third-order valence-corrected chi connectivity index (χ3v) is 4.28. The van der Waals surface area contributed by atoms with Gasteiger partial charge < -0.3 is 9.84 Å². The van der Waals surface area contributed by atoms with Gasteiger partial charge in [-0.1, -0.05) is 24.3 Å². The summed E-state index contributed by atoms with van der Waals surface area (Å²) in [4.78, 5) is 48.4. The number of halogens is 1. The van der Waals surface area contributed by atoms with Crippen LogP contribution in [0, 0.1) is 5.82 Å². The fourth-order valence-corrected chi connectivity index (χ4v) is 2.76. The zero-order chi connectivity index (χ0) is 21.7. The number of carboxylic acid groups (broad SMARTS) is 1. The molecule has 1 aliphatic heterocycles. The van der Waals surface area contributed by atoms with Crippen LogP contribution >= 0.6 is 0 Å². The van der Waals surface area contributed by atoms with Crippen LogP contribution in [-0.2, 0) is 20.8 Å². The minimum Gasteiger partial charge on any atom is -0.482 e. The number of carbonyl (C=O) groups is 4. The Bertz CT molecular complexity index is 1010. The van der Waals surface area contributed by atoms with Gasteiger partial charge in [-0.2, -0.15) is 0 Å². The lowest BCUT2D eigenvalue weighted by atomic mass is 10.1. The number of carboxylic acids is 1. The molecule has 30 heavy (non-hydrogen) atoms. The Morgan fingerprint density at radius 2 is 1.73 bits per heavy atom. The summed E-state index contributed by atoms with van der Waals surface area (Å²) in [5.41, 5.74) is 1.01. The third kappa shape index (κ3) is 5.07. The Kier molecular flexibility index (Phi) is 6.21. The second-order valence-electron chi connectivity index (χ2n) is 6.40. The number of nitrogens with zero attached hydrogens (tertiary/aromatic N) is 1. The zero-order valence-electron chi connectivity index (χ0n) is 15.6. The number of hydrogen-bond donors (Lipinski definition) is 2. The lowest BCUT2D eigenvalue weighted by Gasteiger charge is -2.26. The number of aliphatic carboxylic acids is 1. The van der Waals surface area contributed by atoms with Gasteiger partial charge in [0, 0.05) is 6.54 Å². The zero-order valence-corrected chi connectivity index (χ0v) is 15.6. The summed E-state index contributed by atoms with van der Waals surface area (Å²) < 4.78 is 18.0. The average molecular weight is 412 g/mol. The predicted octanol–water partition coefficient (Wildman–Crippen LogP) is 1.99. The molecule has 1 aliphatic rings. The van der Waals surface area contributed by atoms with Crippen LogP contribution in [0.25, 0.3) is 6.08 Å². The molecule has 9 heteroatoms. The van der Waals surface area contributed by atoms with Crippen LogP contribution in [0.5, 0.6) is 5.75 Å². The molecule has 1 saturated heterocycles. The molecule has 0 radical (unpaired) electrons. The smallest absolute Gasteiger partial charge is 0.341 e. The van der Waals surface area contributed by atoms with E-state index >= 15 is 0 Å². The first-order valence-electron chi connectivity index (χ1n) is 8.91. The Morgan fingerprint density at radius 3 is 2.37 bits per heavy atom. The largest absolute Gasteiger partial charge is 0.482 e. The lowest BCUT2D eigenvalue weighted by Crippen LogP contribution is -2.54. The summed E-state index contributed by atoms with van der Waals surface area (Å²) in [5, 5.41) is 10.7. The van der Waals surface area contributed by atoms with Gasteiger partial charge in [0.2, 0.25) is 0 Å². The second kappa shape index (κ2) is 8.99. The highest BCUT2D eigenvalue weighted by Gasteiger charge is 2.35. The Morgan fingerprint density at radius 1 is 1.07 bits per heavy atom. The van der Waals surface area contributed by atoms with Gasteiger partial charge in [-0.3, -0.25) is 19.8 Å². The Balaban J connectivity index is 1.72. The van der Waals surface area contributed by atoms with Gasteiger partial charge in [-0.15, -0.1) is 0 Å². The first-order valence-corrected chi connectivity index (χ1v) is 8.91. The quantitative estimate of drug-likeness (QED) is 0.531. The van der Waals surface area contributed by atoms with Gasteiger partial charge in [0.25, 0.3) is 11.8 Å². The maximum absolute atomic E-state index is 13.0. The molecule has 0 bridgehead atoms.